The maximum absolute atomic E-state index is 5.00. The Morgan fingerprint density at radius 2 is 2.10 bits per heavy atom. The fourth-order valence-electron chi connectivity index (χ4n) is 0.451. The molecule has 1 aliphatic heterocycles. The first-order valence-corrected chi connectivity index (χ1v) is 3.50. The molecule has 1 fully saturated rings. The largest absolute Gasteiger partial charge is 0.370 e. The van der Waals surface area contributed by atoms with Crippen molar-refractivity contribution >= 4 is 0 Å². The Morgan fingerprint density at radius 1 is 1.50 bits per heavy atom. The van der Waals surface area contributed by atoms with Crippen molar-refractivity contribution in [3.63, 3.8) is 0 Å². The van der Waals surface area contributed by atoms with E-state index >= 15 is 0 Å². The molecule has 0 aromatic carbocycles. The average molecular weight is 146 g/mol. The smallest absolute Gasteiger partial charge is 0.111 e. The molecule has 0 amide bonds. The third-order valence-electron chi connectivity index (χ3n) is 0.965. The monoisotopic (exact) mass is 146 g/mol. The second kappa shape index (κ2) is 2.86. The minimum absolute atomic E-state index is 0.213. The molecule has 1 saturated heterocycles. The third-order valence-corrected chi connectivity index (χ3v) is 0.965. The maximum Gasteiger partial charge on any atom is 0.111 e. The standard InChI is InChI=1S/C7H14O3/c1-7(2,3)10-9-5-6-4-8-6/h6H,4-5H2,1-3H3. The number of epoxide rings is 1. The van der Waals surface area contributed by atoms with Crippen molar-refractivity contribution in [3.05, 3.63) is 0 Å². The number of ether oxygens (including phenoxy) is 1. The average Bonchev–Trinajstić information content (AvgIpc) is 2.45. The number of rotatable bonds is 3. The molecule has 60 valence electrons. The van der Waals surface area contributed by atoms with Crippen LogP contribution < -0.4 is 0 Å². The van der Waals surface area contributed by atoms with Gasteiger partial charge in [0.1, 0.15) is 12.7 Å². The van der Waals surface area contributed by atoms with E-state index in [1.165, 1.54) is 0 Å². The Morgan fingerprint density at radius 3 is 2.50 bits per heavy atom. The van der Waals surface area contributed by atoms with Gasteiger partial charge >= 0.3 is 0 Å². The van der Waals surface area contributed by atoms with Gasteiger partial charge in [0.05, 0.1) is 12.2 Å². The van der Waals surface area contributed by atoms with Crippen molar-refractivity contribution in [3.8, 4) is 0 Å². The Balaban J connectivity index is 1.93. The Hall–Kier alpha value is -0.120. The minimum atomic E-state index is -0.213. The number of hydrogen-bond acceptors (Lipinski definition) is 3. The highest BCUT2D eigenvalue weighted by molar-refractivity contribution is 4.66. The summed E-state index contributed by atoms with van der Waals surface area (Å²) >= 11 is 0. The van der Waals surface area contributed by atoms with Gasteiger partial charge in [-0.1, -0.05) is 0 Å². The second-order valence-corrected chi connectivity index (χ2v) is 3.44. The summed E-state index contributed by atoms with van der Waals surface area (Å²) in [7, 11) is 0. The van der Waals surface area contributed by atoms with Crippen LogP contribution in [0.5, 0.6) is 0 Å². The molecule has 0 spiro atoms. The summed E-state index contributed by atoms with van der Waals surface area (Å²) in [6.45, 7) is 7.20. The molecule has 0 radical (unpaired) electrons. The fourth-order valence-corrected chi connectivity index (χ4v) is 0.451. The van der Waals surface area contributed by atoms with E-state index in [4.69, 9.17) is 14.5 Å². The van der Waals surface area contributed by atoms with Crippen molar-refractivity contribution in [2.24, 2.45) is 0 Å². The van der Waals surface area contributed by atoms with Crippen LogP contribution in [0.15, 0.2) is 0 Å². The minimum Gasteiger partial charge on any atom is -0.370 e. The van der Waals surface area contributed by atoms with Crippen LogP contribution in [0.4, 0.5) is 0 Å². The van der Waals surface area contributed by atoms with Crippen LogP contribution >= 0.6 is 0 Å². The normalized spacial score (nSPS) is 24.9. The van der Waals surface area contributed by atoms with E-state index in [2.05, 4.69) is 0 Å². The molecule has 0 saturated carbocycles. The van der Waals surface area contributed by atoms with E-state index in [1.807, 2.05) is 20.8 Å². The maximum atomic E-state index is 5.00. The summed E-state index contributed by atoms with van der Waals surface area (Å²) in [4.78, 5) is 9.90. The van der Waals surface area contributed by atoms with Crippen LogP contribution in [0.25, 0.3) is 0 Å². The zero-order valence-corrected chi connectivity index (χ0v) is 6.72. The van der Waals surface area contributed by atoms with E-state index in [0.29, 0.717) is 6.61 Å². The van der Waals surface area contributed by atoms with Crippen LogP contribution in [0.3, 0.4) is 0 Å². The first-order chi connectivity index (χ1) is 4.58. The number of hydrogen-bond donors (Lipinski definition) is 0. The summed E-state index contributed by atoms with van der Waals surface area (Å²) in [6, 6.07) is 0. The molecule has 1 heterocycles. The highest BCUT2D eigenvalue weighted by Crippen LogP contribution is 2.12. The van der Waals surface area contributed by atoms with Crippen LogP contribution in [-0.2, 0) is 14.5 Å². The molecule has 1 aliphatic rings. The predicted octanol–water partition coefficient (Wildman–Crippen LogP) is 1.13. The Bertz CT molecular complexity index is 102. The van der Waals surface area contributed by atoms with Gasteiger partial charge in [0.2, 0.25) is 0 Å². The van der Waals surface area contributed by atoms with Crippen molar-refractivity contribution in [2.75, 3.05) is 13.2 Å². The lowest BCUT2D eigenvalue weighted by Gasteiger charge is -2.16. The van der Waals surface area contributed by atoms with Gasteiger partial charge in [-0.3, -0.25) is 0 Å². The van der Waals surface area contributed by atoms with Gasteiger partial charge in [-0.2, -0.15) is 0 Å². The van der Waals surface area contributed by atoms with E-state index in [-0.39, 0.29) is 11.7 Å². The molecule has 0 N–H and O–H groups in total. The summed E-state index contributed by atoms with van der Waals surface area (Å²) in [6.07, 6.45) is 0.280. The summed E-state index contributed by atoms with van der Waals surface area (Å²) in [5.74, 6) is 0. The third kappa shape index (κ3) is 3.82. The second-order valence-electron chi connectivity index (χ2n) is 3.44. The molecule has 1 unspecified atom stereocenters. The van der Waals surface area contributed by atoms with Gasteiger partial charge < -0.3 is 4.74 Å². The fraction of sp³-hybridized carbons (Fsp3) is 1.00. The van der Waals surface area contributed by atoms with Crippen LogP contribution in [-0.4, -0.2) is 24.9 Å². The van der Waals surface area contributed by atoms with E-state index in [1.54, 1.807) is 0 Å². The summed E-state index contributed by atoms with van der Waals surface area (Å²) < 4.78 is 4.92. The topological polar surface area (TPSA) is 31.0 Å². The molecular weight excluding hydrogens is 132 g/mol. The lowest BCUT2D eigenvalue weighted by atomic mass is 10.2. The lowest BCUT2D eigenvalue weighted by Crippen LogP contribution is -2.20. The van der Waals surface area contributed by atoms with Gasteiger partial charge in [0.25, 0.3) is 0 Å². The van der Waals surface area contributed by atoms with Crippen LogP contribution in [0, 0.1) is 0 Å². The van der Waals surface area contributed by atoms with E-state index in [9.17, 15) is 0 Å². The summed E-state index contributed by atoms with van der Waals surface area (Å²) in [5, 5.41) is 0. The quantitative estimate of drug-likeness (QED) is 0.340. The van der Waals surface area contributed by atoms with Gasteiger partial charge in [-0.15, -0.1) is 0 Å². The molecule has 1 rings (SSSR count). The Kier molecular flexibility index (Phi) is 2.28. The first-order valence-electron chi connectivity index (χ1n) is 3.50. The van der Waals surface area contributed by atoms with Crippen molar-refractivity contribution < 1.29 is 14.5 Å². The zero-order chi connectivity index (χ0) is 7.61. The molecule has 10 heavy (non-hydrogen) atoms. The molecule has 1 atom stereocenters. The van der Waals surface area contributed by atoms with E-state index < -0.39 is 0 Å². The molecule has 0 aromatic rings. The zero-order valence-electron chi connectivity index (χ0n) is 6.72. The predicted molar refractivity (Wildman–Crippen MR) is 36.5 cm³/mol. The molecule has 3 heteroatoms. The van der Waals surface area contributed by atoms with Crippen molar-refractivity contribution in [1.82, 2.24) is 0 Å². The highest BCUT2D eigenvalue weighted by atomic mass is 17.2. The van der Waals surface area contributed by atoms with Crippen molar-refractivity contribution in [1.29, 1.82) is 0 Å². The SMILES string of the molecule is CC(C)(C)OOCC1CO1. The van der Waals surface area contributed by atoms with E-state index in [0.717, 1.165) is 6.61 Å². The van der Waals surface area contributed by atoms with Crippen molar-refractivity contribution in [2.45, 2.75) is 32.5 Å². The molecule has 0 aromatic heterocycles. The molecule has 0 bridgehead atoms. The van der Waals surface area contributed by atoms with Gasteiger partial charge in [-0.05, 0) is 20.8 Å². The van der Waals surface area contributed by atoms with Gasteiger partial charge in [0, 0.05) is 0 Å². The first kappa shape index (κ1) is 7.98. The van der Waals surface area contributed by atoms with Crippen LogP contribution in [0.2, 0.25) is 0 Å². The Labute approximate surface area is 61.2 Å². The molecular formula is C7H14O3. The summed E-state index contributed by atoms with van der Waals surface area (Å²) in [5.41, 5.74) is -0.213. The van der Waals surface area contributed by atoms with Gasteiger partial charge in [0.15, 0.2) is 0 Å². The molecule has 3 nitrogen and oxygen atoms in total. The van der Waals surface area contributed by atoms with Gasteiger partial charge in [-0.25, -0.2) is 9.78 Å². The molecule has 0 aliphatic carbocycles. The lowest BCUT2D eigenvalue weighted by molar-refractivity contribution is -0.349. The highest BCUT2D eigenvalue weighted by Gasteiger charge is 2.24. The van der Waals surface area contributed by atoms with Crippen LogP contribution in [0.1, 0.15) is 20.8 Å².